The fraction of sp³-hybridized carbons (Fsp3) is 0.214. The van der Waals surface area contributed by atoms with Gasteiger partial charge in [-0.05, 0) is 42.1 Å². The van der Waals surface area contributed by atoms with Crippen LogP contribution in [0.1, 0.15) is 16.5 Å². The van der Waals surface area contributed by atoms with E-state index in [1.165, 1.54) is 10.4 Å². The van der Waals surface area contributed by atoms with Crippen LogP contribution in [0.25, 0.3) is 0 Å². The highest BCUT2D eigenvalue weighted by Crippen LogP contribution is 2.36. The van der Waals surface area contributed by atoms with Crippen LogP contribution >= 0.6 is 22.9 Å². The minimum absolute atomic E-state index is 0.179. The summed E-state index contributed by atoms with van der Waals surface area (Å²) in [6.07, 6.45) is 0. The summed E-state index contributed by atoms with van der Waals surface area (Å²) in [6.45, 7) is 2.82. The Balaban J connectivity index is 2.02. The van der Waals surface area contributed by atoms with Crippen molar-refractivity contribution in [1.29, 1.82) is 0 Å². The minimum Gasteiger partial charge on any atom is -0.369 e. The van der Waals surface area contributed by atoms with Gasteiger partial charge in [-0.2, -0.15) is 0 Å². The Labute approximate surface area is 121 Å². The first-order valence-electron chi connectivity index (χ1n) is 6.05. The fourth-order valence-electron chi connectivity index (χ4n) is 2.36. The Morgan fingerprint density at radius 3 is 2.95 bits per heavy atom. The predicted molar refractivity (Wildman–Crippen MR) is 82.2 cm³/mol. The topological polar surface area (TPSA) is 41.6 Å². The van der Waals surface area contributed by atoms with Gasteiger partial charge in [-0.15, -0.1) is 11.3 Å². The number of anilines is 1. The maximum atomic E-state index is 6.07. The molecule has 98 valence electrons. The number of rotatable bonds is 2. The first kappa shape index (κ1) is 12.5. The third-order valence-corrected chi connectivity index (χ3v) is 4.63. The number of halogens is 1. The molecule has 1 unspecified atom stereocenters. The molecule has 19 heavy (non-hydrogen) atoms. The largest absolute Gasteiger partial charge is 0.369 e. The van der Waals surface area contributed by atoms with E-state index in [1.807, 2.05) is 24.3 Å². The summed E-state index contributed by atoms with van der Waals surface area (Å²) in [4.78, 5) is 7.76. The zero-order valence-electron chi connectivity index (χ0n) is 10.5. The summed E-state index contributed by atoms with van der Waals surface area (Å²) in [5.74, 6) is 0.556. The second-order valence-electron chi connectivity index (χ2n) is 4.53. The number of thiophene rings is 1. The van der Waals surface area contributed by atoms with Gasteiger partial charge < -0.3 is 10.6 Å². The molecular weight excluding hydrogens is 278 g/mol. The van der Waals surface area contributed by atoms with Gasteiger partial charge in [0.15, 0.2) is 5.96 Å². The molecule has 1 atom stereocenters. The van der Waals surface area contributed by atoms with Crippen molar-refractivity contribution in [3.8, 4) is 0 Å². The molecule has 5 heteroatoms. The summed E-state index contributed by atoms with van der Waals surface area (Å²) in [6, 6.07) is 10.0. The molecule has 3 rings (SSSR count). The molecule has 0 aliphatic carbocycles. The number of aliphatic imine (C=N–C) groups is 1. The standard InChI is InChI=1S/C14H14ClN3S/c1-9-5-6-19-13(9)12-8-17-14(16)18(12)11-4-2-3-10(15)7-11/h2-7,12H,8H2,1H3,(H2,16,17). The van der Waals surface area contributed by atoms with Crippen molar-refractivity contribution in [2.45, 2.75) is 13.0 Å². The summed E-state index contributed by atoms with van der Waals surface area (Å²) in [7, 11) is 0. The van der Waals surface area contributed by atoms with Crippen LogP contribution in [-0.2, 0) is 0 Å². The van der Waals surface area contributed by atoms with Crippen molar-refractivity contribution >= 4 is 34.6 Å². The van der Waals surface area contributed by atoms with Crippen LogP contribution in [-0.4, -0.2) is 12.5 Å². The molecule has 0 amide bonds. The molecule has 1 aliphatic heterocycles. The molecule has 0 saturated carbocycles. The van der Waals surface area contributed by atoms with E-state index in [0.717, 1.165) is 5.69 Å². The molecule has 1 aromatic heterocycles. The van der Waals surface area contributed by atoms with Gasteiger partial charge in [0.25, 0.3) is 0 Å². The second kappa shape index (κ2) is 4.87. The van der Waals surface area contributed by atoms with Gasteiger partial charge in [-0.25, -0.2) is 0 Å². The Hall–Kier alpha value is -1.52. The first-order valence-corrected chi connectivity index (χ1v) is 7.31. The molecule has 3 nitrogen and oxygen atoms in total. The lowest BCUT2D eigenvalue weighted by Gasteiger charge is -2.26. The Morgan fingerprint density at radius 1 is 1.42 bits per heavy atom. The molecule has 0 radical (unpaired) electrons. The monoisotopic (exact) mass is 291 g/mol. The van der Waals surface area contributed by atoms with E-state index in [1.54, 1.807) is 11.3 Å². The van der Waals surface area contributed by atoms with E-state index in [4.69, 9.17) is 17.3 Å². The lowest BCUT2D eigenvalue weighted by molar-refractivity contribution is 0.779. The zero-order valence-corrected chi connectivity index (χ0v) is 12.1. The van der Waals surface area contributed by atoms with E-state index >= 15 is 0 Å². The fourth-order valence-corrected chi connectivity index (χ4v) is 3.56. The van der Waals surface area contributed by atoms with Crippen molar-refractivity contribution in [2.75, 3.05) is 11.4 Å². The number of guanidine groups is 1. The van der Waals surface area contributed by atoms with Crippen LogP contribution in [0.15, 0.2) is 40.7 Å². The van der Waals surface area contributed by atoms with Crippen LogP contribution in [0.3, 0.4) is 0 Å². The molecule has 2 N–H and O–H groups in total. The van der Waals surface area contributed by atoms with Crippen LogP contribution in [0.2, 0.25) is 5.02 Å². The molecule has 2 aromatic rings. The highest BCUT2D eigenvalue weighted by molar-refractivity contribution is 7.10. The number of benzene rings is 1. The van der Waals surface area contributed by atoms with Crippen molar-refractivity contribution in [1.82, 2.24) is 0 Å². The second-order valence-corrected chi connectivity index (χ2v) is 5.92. The third-order valence-electron chi connectivity index (χ3n) is 3.28. The third kappa shape index (κ3) is 2.22. The Kier molecular flexibility index (Phi) is 3.21. The normalized spacial score (nSPS) is 18.7. The smallest absolute Gasteiger partial charge is 0.196 e. The van der Waals surface area contributed by atoms with Crippen molar-refractivity contribution in [3.05, 3.63) is 51.2 Å². The van der Waals surface area contributed by atoms with Gasteiger partial charge in [0.05, 0.1) is 12.6 Å². The van der Waals surface area contributed by atoms with Gasteiger partial charge in [-0.1, -0.05) is 17.7 Å². The highest BCUT2D eigenvalue weighted by atomic mass is 35.5. The average Bonchev–Trinajstić information content (AvgIpc) is 2.95. The van der Waals surface area contributed by atoms with Gasteiger partial charge in [-0.3, -0.25) is 4.99 Å². The van der Waals surface area contributed by atoms with E-state index in [2.05, 4.69) is 28.3 Å². The number of nitrogens with two attached hydrogens (primary N) is 1. The summed E-state index contributed by atoms with van der Waals surface area (Å²) in [5, 5.41) is 2.81. The Bertz CT molecular complexity index is 635. The molecule has 2 heterocycles. The SMILES string of the molecule is Cc1ccsc1C1CN=C(N)N1c1cccc(Cl)c1. The number of hydrogen-bond donors (Lipinski definition) is 1. The molecule has 0 saturated heterocycles. The summed E-state index contributed by atoms with van der Waals surface area (Å²) >= 11 is 7.82. The van der Waals surface area contributed by atoms with E-state index < -0.39 is 0 Å². The molecule has 0 bridgehead atoms. The molecular formula is C14H14ClN3S. The summed E-state index contributed by atoms with van der Waals surface area (Å²) < 4.78 is 0. The Morgan fingerprint density at radius 2 is 2.26 bits per heavy atom. The molecule has 0 fully saturated rings. The summed E-state index contributed by atoms with van der Waals surface area (Å²) in [5.41, 5.74) is 8.32. The number of aryl methyl sites for hydroxylation is 1. The van der Waals surface area contributed by atoms with Crippen LogP contribution in [0.5, 0.6) is 0 Å². The molecule has 1 aromatic carbocycles. The lowest BCUT2D eigenvalue weighted by Crippen LogP contribution is -2.36. The minimum atomic E-state index is 0.179. The van der Waals surface area contributed by atoms with Crippen molar-refractivity contribution in [2.24, 2.45) is 10.7 Å². The van der Waals surface area contributed by atoms with Crippen LogP contribution < -0.4 is 10.6 Å². The maximum Gasteiger partial charge on any atom is 0.196 e. The number of hydrogen-bond acceptors (Lipinski definition) is 4. The van der Waals surface area contributed by atoms with Crippen LogP contribution in [0, 0.1) is 6.92 Å². The zero-order chi connectivity index (χ0) is 13.4. The molecule has 1 aliphatic rings. The molecule has 0 spiro atoms. The quantitative estimate of drug-likeness (QED) is 0.919. The van der Waals surface area contributed by atoms with Gasteiger partial charge >= 0.3 is 0 Å². The average molecular weight is 292 g/mol. The first-order chi connectivity index (χ1) is 9.16. The predicted octanol–water partition coefficient (Wildman–Crippen LogP) is 3.59. The van der Waals surface area contributed by atoms with E-state index in [0.29, 0.717) is 17.5 Å². The van der Waals surface area contributed by atoms with Crippen LogP contribution in [0.4, 0.5) is 5.69 Å². The highest BCUT2D eigenvalue weighted by Gasteiger charge is 2.30. The van der Waals surface area contributed by atoms with Crippen molar-refractivity contribution in [3.63, 3.8) is 0 Å². The number of nitrogens with zero attached hydrogens (tertiary/aromatic N) is 2. The van der Waals surface area contributed by atoms with Gasteiger partial charge in [0.1, 0.15) is 0 Å². The lowest BCUT2D eigenvalue weighted by atomic mass is 10.1. The van der Waals surface area contributed by atoms with Gasteiger partial charge in [0, 0.05) is 15.6 Å². The van der Waals surface area contributed by atoms with Gasteiger partial charge in [0.2, 0.25) is 0 Å². The van der Waals surface area contributed by atoms with E-state index in [-0.39, 0.29) is 6.04 Å². The maximum absolute atomic E-state index is 6.07. The van der Waals surface area contributed by atoms with Crippen molar-refractivity contribution < 1.29 is 0 Å². The van der Waals surface area contributed by atoms with E-state index in [9.17, 15) is 0 Å².